The Hall–Kier alpha value is -0.390. The largest absolute Gasteiger partial charge is 0.490 e. The fourth-order valence-electron chi connectivity index (χ4n) is 1.65. The fourth-order valence-corrected chi connectivity index (χ4v) is 2.53. The number of ether oxygens (including phenoxy) is 1. The molecule has 0 bridgehead atoms. The van der Waals surface area contributed by atoms with E-state index in [9.17, 15) is 8.78 Å². The van der Waals surface area contributed by atoms with Crippen LogP contribution < -0.4 is 4.74 Å². The topological polar surface area (TPSA) is 9.23 Å². The van der Waals surface area contributed by atoms with Crippen LogP contribution in [0.4, 0.5) is 8.78 Å². The summed E-state index contributed by atoms with van der Waals surface area (Å²) in [6.07, 6.45) is 5.59. The molecule has 1 aromatic rings. The third-order valence-corrected chi connectivity index (χ3v) is 3.95. The number of alkyl halides is 1. The van der Waals surface area contributed by atoms with Gasteiger partial charge in [0.05, 0.1) is 6.61 Å². The zero-order chi connectivity index (χ0) is 13.4. The summed E-state index contributed by atoms with van der Waals surface area (Å²) in [5, 5.41) is 0. The lowest BCUT2D eigenvalue weighted by Crippen LogP contribution is -2.04. The summed E-state index contributed by atoms with van der Waals surface area (Å²) in [4.78, 5) is 0. The van der Waals surface area contributed by atoms with Crippen molar-refractivity contribution in [2.24, 2.45) is 0 Å². The van der Waals surface area contributed by atoms with Crippen LogP contribution in [0.15, 0.2) is 18.2 Å². The van der Waals surface area contributed by atoms with Gasteiger partial charge in [-0.25, -0.2) is 4.39 Å². The molecule has 1 atom stereocenters. The smallest absolute Gasteiger partial charge is 0.200 e. The second-order valence-electron chi connectivity index (χ2n) is 4.28. The standard InChI is InChI=1S/C14H19F2IO/c1-2-3-6-11(17)7-5-10-18-13-9-4-8-12(15)14(13)16/h4,8-9,11H,2-3,5-7,10H2,1H3. The SMILES string of the molecule is CCCCC(I)CCCOc1cccc(F)c1F. The van der Waals surface area contributed by atoms with Crippen LogP contribution in [0.2, 0.25) is 0 Å². The maximum atomic E-state index is 13.3. The van der Waals surface area contributed by atoms with Crippen molar-refractivity contribution in [3.63, 3.8) is 0 Å². The molecule has 0 amide bonds. The first-order valence-corrected chi connectivity index (χ1v) is 7.60. The Bertz CT molecular complexity index is 358. The number of unbranched alkanes of at least 4 members (excludes halogenated alkanes) is 1. The molecule has 0 fully saturated rings. The number of rotatable bonds is 8. The van der Waals surface area contributed by atoms with E-state index in [1.54, 1.807) is 0 Å². The third kappa shape index (κ3) is 5.50. The van der Waals surface area contributed by atoms with E-state index in [-0.39, 0.29) is 5.75 Å². The minimum atomic E-state index is -0.894. The predicted octanol–water partition coefficient (Wildman–Crippen LogP) is 5.12. The molecule has 1 rings (SSSR count). The van der Waals surface area contributed by atoms with Crippen LogP contribution in [-0.4, -0.2) is 10.5 Å². The highest BCUT2D eigenvalue weighted by Gasteiger charge is 2.09. The number of benzene rings is 1. The van der Waals surface area contributed by atoms with Crippen molar-refractivity contribution in [2.45, 2.75) is 43.0 Å². The van der Waals surface area contributed by atoms with Gasteiger partial charge in [-0.05, 0) is 31.4 Å². The van der Waals surface area contributed by atoms with Crippen LogP contribution >= 0.6 is 22.6 Å². The van der Waals surface area contributed by atoms with Gasteiger partial charge >= 0.3 is 0 Å². The van der Waals surface area contributed by atoms with E-state index in [4.69, 9.17) is 4.74 Å². The van der Waals surface area contributed by atoms with Crippen molar-refractivity contribution >= 4 is 22.6 Å². The highest BCUT2D eigenvalue weighted by atomic mass is 127. The average molecular weight is 368 g/mol. The lowest BCUT2D eigenvalue weighted by molar-refractivity contribution is 0.286. The van der Waals surface area contributed by atoms with Gasteiger partial charge < -0.3 is 4.74 Å². The lowest BCUT2D eigenvalue weighted by Gasteiger charge is -2.10. The van der Waals surface area contributed by atoms with Crippen LogP contribution in [0.3, 0.4) is 0 Å². The summed E-state index contributed by atoms with van der Waals surface area (Å²) in [6.45, 7) is 2.62. The molecule has 0 N–H and O–H groups in total. The van der Waals surface area contributed by atoms with Gasteiger partial charge in [0.1, 0.15) is 0 Å². The summed E-state index contributed by atoms with van der Waals surface area (Å²) in [6, 6.07) is 4.00. The molecule has 0 aromatic heterocycles. The second kappa shape index (κ2) is 8.67. The average Bonchev–Trinajstić information content (AvgIpc) is 2.37. The van der Waals surface area contributed by atoms with Crippen LogP contribution in [0.1, 0.15) is 39.0 Å². The molecule has 0 radical (unpaired) electrons. The molecule has 0 saturated heterocycles. The van der Waals surface area contributed by atoms with E-state index in [0.29, 0.717) is 10.5 Å². The third-order valence-electron chi connectivity index (χ3n) is 2.71. The minimum absolute atomic E-state index is 0.00793. The van der Waals surface area contributed by atoms with E-state index >= 15 is 0 Å². The molecule has 4 heteroatoms. The van der Waals surface area contributed by atoms with Crippen molar-refractivity contribution in [1.82, 2.24) is 0 Å². The molecule has 1 nitrogen and oxygen atoms in total. The molecule has 0 spiro atoms. The van der Waals surface area contributed by atoms with Gasteiger partial charge in [-0.3, -0.25) is 0 Å². The number of hydrogen-bond acceptors (Lipinski definition) is 1. The van der Waals surface area contributed by atoms with Gasteiger partial charge in [0.2, 0.25) is 5.82 Å². The lowest BCUT2D eigenvalue weighted by atomic mass is 10.1. The monoisotopic (exact) mass is 368 g/mol. The Kier molecular flexibility index (Phi) is 7.54. The molecular formula is C14H19F2IO. The van der Waals surface area contributed by atoms with Crippen molar-refractivity contribution < 1.29 is 13.5 Å². The Morgan fingerprint density at radius 2 is 1.94 bits per heavy atom. The molecule has 0 heterocycles. The Morgan fingerprint density at radius 3 is 2.67 bits per heavy atom. The number of halogens is 3. The molecule has 0 aliphatic carbocycles. The second-order valence-corrected chi connectivity index (χ2v) is 6.04. The Labute approximate surface area is 121 Å². The van der Waals surface area contributed by atoms with Gasteiger partial charge in [-0.15, -0.1) is 0 Å². The van der Waals surface area contributed by atoms with Crippen LogP contribution in [0.5, 0.6) is 5.75 Å². The molecule has 0 aliphatic heterocycles. The summed E-state index contributed by atoms with van der Waals surface area (Å²) < 4.78 is 32.0. The van der Waals surface area contributed by atoms with Gasteiger partial charge in [-0.2, -0.15) is 4.39 Å². The Morgan fingerprint density at radius 1 is 1.22 bits per heavy atom. The molecular weight excluding hydrogens is 349 g/mol. The highest BCUT2D eigenvalue weighted by Crippen LogP contribution is 2.20. The molecule has 102 valence electrons. The van der Waals surface area contributed by atoms with Crippen LogP contribution in [0.25, 0.3) is 0 Å². The zero-order valence-corrected chi connectivity index (χ0v) is 12.8. The van der Waals surface area contributed by atoms with Gasteiger partial charge in [0, 0.05) is 3.92 Å². The molecule has 1 unspecified atom stereocenters. The summed E-state index contributed by atoms with van der Waals surface area (Å²) in [5.41, 5.74) is 0. The highest BCUT2D eigenvalue weighted by molar-refractivity contribution is 14.1. The van der Waals surface area contributed by atoms with E-state index in [1.807, 2.05) is 0 Å². The molecule has 0 aliphatic rings. The van der Waals surface area contributed by atoms with Gasteiger partial charge in [0.25, 0.3) is 0 Å². The summed E-state index contributed by atoms with van der Waals surface area (Å²) in [5.74, 6) is -1.75. The van der Waals surface area contributed by atoms with Crippen molar-refractivity contribution in [1.29, 1.82) is 0 Å². The van der Waals surface area contributed by atoms with Crippen LogP contribution in [0, 0.1) is 11.6 Å². The number of hydrogen-bond donors (Lipinski definition) is 0. The van der Waals surface area contributed by atoms with Crippen molar-refractivity contribution in [3.8, 4) is 5.75 Å². The maximum Gasteiger partial charge on any atom is 0.200 e. The first-order valence-electron chi connectivity index (χ1n) is 6.36. The fraction of sp³-hybridized carbons (Fsp3) is 0.571. The van der Waals surface area contributed by atoms with Gasteiger partial charge in [-0.1, -0.05) is 48.4 Å². The van der Waals surface area contributed by atoms with Crippen molar-refractivity contribution in [3.05, 3.63) is 29.8 Å². The molecule has 0 saturated carbocycles. The Balaban J connectivity index is 2.23. The molecule has 1 aromatic carbocycles. The van der Waals surface area contributed by atoms with Crippen LogP contribution in [-0.2, 0) is 0 Å². The van der Waals surface area contributed by atoms with E-state index < -0.39 is 11.6 Å². The first-order chi connectivity index (χ1) is 8.65. The normalized spacial score (nSPS) is 12.4. The zero-order valence-electron chi connectivity index (χ0n) is 10.6. The minimum Gasteiger partial charge on any atom is -0.490 e. The quantitative estimate of drug-likeness (QED) is 0.352. The predicted molar refractivity (Wildman–Crippen MR) is 78.4 cm³/mol. The van der Waals surface area contributed by atoms with E-state index in [2.05, 4.69) is 29.5 Å². The van der Waals surface area contributed by atoms with E-state index in [0.717, 1.165) is 18.9 Å². The van der Waals surface area contributed by atoms with Crippen molar-refractivity contribution in [2.75, 3.05) is 6.61 Å². The summed E-state index contributed by atoms with van der Waals surface area (Å²) >= 11 is 2.44. The molecule has 18 heavy (non-hydrogen) atoms. The van der Waals surface area contributed by atoms with Gasteiger partial charge in [0.15, 0.2) is 11.6 Å². The van der Waals surface area contributed by atoms with E-state index in [1.165, 1.54) is 31.4 Å². The maximum absolute atomic E-state index is 13.3. The first kappa shape index (κ1) is 15.7. The summed E-state index contributed by atoms with van der Waals surface area (Å²) in [7, 11) is 0.